The van der Waals surface area contributed by atoms with E-state index < -0.39 is 5.91 Å². The van der Waals surface area contributed by atoms with E-state index in [1.165, 1.54) is 0 Å². The van der Waals surface area contributed by atoms with Crippen molar-refractivity contribution in [3.63, 3.8) is 0 Å². The standard InChI is InChI=1S/C22H23N3O3S/c1-2-3-12-28-18-10-8-16(9-11-18)22(27)23-14-21(26)25-24-13-17-15-29-20-7-5-4-6-19(17)20/h4-11,13,15H,2-3,12,14H2,1H3,(H,23,27)(H,25,26)/b24-13+. The van der Waals surface area contributed by atoms with Crippen LogP contribution in [0.4, 0.5) is 0 Å². The first-order valence-corrected chi connectivity index (χ1v) is 10.3. The molecule has 0 radical (unpaired) electrons. The number of hydrogen-bond acceptors (Lipinski definition) is 5. The quantitative estimate of drug-likeness (QED) is 0.319. The molecule has 0 atom stereocenters. The number of unbranched alkanes of at least 4 members (excludes halogenated alkanes) is 1. The number of rotatable bonds is 9. The number of amides is 2. The molecule has 0 spiro atoms. The molecule has 0 fully saturated rings. The van der Waals surface area contributed by atoms with Crippen molar-refractivity contribution in [2.75, 3.05) is 13.2 Å². The van der Waals surface area contributed by atoms with Gasteiger partial charge in [0.15, 0.2) is 0 Å². The van der Waals surface area contributed by atoms with Crippen LogP contribution in [0.5, 0.6) is 5.75 Å². The van der Waals surface area contributed by atoms with E-state index in [0.717, 1.165) is 34.2 Å². The van der Waals surface area contributed by atoms with E-state index in [4.69, 9.17) is 4.74 Å². The van der Waals surface area contributed by atoms with Crippen molar-refractivity contribution in [1.29, 1.82) is 0 Å². The Hall–Kier alpha value is -3.19. The van der Waals surface area contributed by atoms with Gasteiger partial charge in [-0.15, -0.1) is 11.3 Å². The van der Waals surface area contributed by atoms with Gasteiger partial charge in [-0.25, -0.2) is 5.43 Å². The van der Waals surface area contributed by atoms with Crippen molar-refractivity contribution in [3.05, 3.63) is 65.0 Å². The van der Waals surface area contributed by atoms with Gasteiger partial charge in [0, 0.05) is 26.6 Å². The lowest BCUT2D eigenvalue weighted by Gasteiger charge is -2.07. The number of hydrogen-bond donors (Lipinski definition) is 2. The van der Waals surface area contributed by atoms with Crippen molar-refractivity contribution >= 4 is 39.5 Å². The average molecular weight is 410 g/mol. The lowest BCUT2D eigenvalue weighted by atomic mass is 10.2. The van der Waals surface area contributed by atoms with Crippen LogP contribution in [0.25, 0.3) is 10.1 Å². The summed E-state index contributed by atoms with van der Waals surface area (Å²) in [5.74, 6) is 0.00440. The second-order valence-corrected chi connectivity index (χ2v) is 7.30. The molecule has 2 aromatic carbocycles. The first-order valence-electron chi connectivity index (χ1n) is 9.46. The van der Waals surface area contributed by atoms with E-state index in [9.17, 15) is 9.59 Å². The van der Waals surface area contributed by atoms with Crippen molar-refractivity contribution < 1.29 is 14.3 Å². The van der Waals surface area contributed by atoms with E-state index in [0.29, 0.717) is 12.2 Å². The maximum absolute atomic E-state index is 12.2. The molecule has 1 heterocycles. The Kier molecular flexibility index (Phi) is 7.35. The molecule has 0 aliphatic rings. The summed E-state index contributed by atoms with van der Waals surface area (Å²) in [7, 11) is 0. The van der Waals surface area contributed by atoms with Gasteiger partial charge in [0.25, 0.3) is 11.8 Å². The van der Waals surface area contributed by atoms with Crippen LogP contribution in [0.3, 0.4) is 0 Å². The van der Waals surface area contributed by atoms with Gasteiger partial charge < -0.3 is 10.1 Å². The Labute approximate surface area is 173 Å². The summed E-state index contributed by atoms with van der Waals surface area (Å²) in [6, 6.07) is 14.8. The zero-order valence-corrected chi connectivity index (χ0v) is 17.0. The van der Waals surface area contributed by atoms with Crippen LogP contribution in [-0.2, 0) is 4.79 Å². The number of fused-ring (bicyclic) bond motifs is 1. The summed E-state index contributed by atoms with van der Waals surface area (Å²) in [5, 5.41) is 9.63. The fourth-order valence-electron chi connectivity index (χ4n) is 2.61. The summed E-state index contributed by atoms with van der Waals surface area (Å²) in [6.07, 6.45) is 3.66. The number of carbonyl (C=O) groups is 2. The summed E-state index contributed by atoms with van der Waals surface area (Å²) in [5.41, 5.74) is 3.84. The molecule has 3 rings (SSSR count). The molecular weight excluding hydrogens is 386 g/mol. The van der Waals surface area contributed by atoms with Crippen LogP contribution >= 0.6 is 11.3 Å². The van der Waals surface area contributed by atoms with Crippen molar-refractivity contribution in [1.82, 2.24) is 10.7 Å². The molecule has 0 aliphatic heterocycles. The average Bonchev–Trinajstić information content (AvgIpc) is 3.16. The van der Waals surface area contributed by atoms with E-state index in [2.05, 4.69) is 22.8 Å². The Morgan fingerprint density at radius 1 is 1.14 bits per heavy atom. The predicted molar refractivity (Wildman–Crippen MR) is 117 cm³/mol. The monoisotopic (exact) mass is 409 g/mol. The summed E-state index contributed by atoms with van der Waals surface area (Å²) >= 11 is 1.62. The van der Waals surface area contributed by atoms with Crippen LogP contribution in [0, 0.1) is 0 Å². The van der Waals surface area contributed by atoms with Gasteiger partial charge in [-0.2, -0.15) is 5.10 Å². The molecule has 0 saturated heterocycles. The minimum Gasteiger partial charge on any atom is -0.494 e. The molecular formula is C22H23N3O3S. The third-order valence-electron chi connectivity index (χ3n) is 4.20. The second kappa shape index (κ2) is 10.4. The van der Waals surface area contributed by atoms with Gasteiger partial charge in [0.1, 0.15) is 5.75 Å². The van der Waals surface area contributed by atoms with E-state index in [-0.39, 0.29) is 12.5 Å². The highest BCUT2D eigenvalue weighted by Crippen LogP contribution is 2.24. The zero-order valence-electron chi connectivity index (χ0n) is 16.2. The largest absolute Gasteiger partial charge is 0.494 e. The fraction of sp³-hybridized carbons (Fsp3) is 0.227. The highest BCUT2D eigenvalue weighted by atomic mass is 32.1. The van der Waals surface area contributed by atoms with Gasteiger partial charge in [-0.05, 0) is 36.8 Å². The zero-order chi connectivity index (χ0) is 20.5. The lowest BCUT2D eigenvalue weighted by molar-refractivity contribution is -0.120. The normalized spacial score (nSPS) is 10.9. The molecule has 6 nitrogen and oxygen atoms in total. The van der Waals surface area contributed by atoms with Crippen molar-refractivity contribution in [3.8, 4) is 5.75 Å². The van der Waals surface area contributed by atoms with Crippen molar-refractivity contribution in [2.24, 2.45) is 5.10 Å². The molecule has 0 aliphatic carbocycles. The third kappa shape index (κ3) is 5.89. The molecule has 150 valence electrons. The predicted octanol–water partition coefficient (Wildman–Crippen LogP) is 3.96. The highest BCUT2D eigenvalue weighted by Gasteiger charge is 2.08. The highest BCUT2D eigenvalue weighted by molar-refractivity contribution is 7.17. The molecule has 29 heavy (non-hydrogen) atoms. The topological polar surface area (TPSA) is 79.8 Å². The first-order chi connectivity index (χ1) is 14.2. The van der Waals surface area contributed by atoms with Crippen LogP contribution in [0.1, 0.15) is 35.7 Å². The summed E-state index contributed by atoms with van der Waals surface area (Å²) < 4.78 is 6.73. The minimum atomic E-state index is -0.395. The number of nitrogens with one attached hydrogen (secondary N) is 2. The molecule has 1 aromatic heterocycles. The van der Waals surface area contributed by atoms with Gasteiger partial charge in [0.2, 0.25) is 0 Å². The smallest absolute Gasteiger partial charge is 0.259 e. The number of carbonyl (C=O) groups excluding carboxylic acids is 2. The number of benzene rings is 2. The first kappa shape index (κ1) is 20.5. The summed E-state index contributed by atoms with van der Waals surface area (Å²) in [6.45, 7) is 2.60. The number of thiophene rings is 1. The van der Waals surface area contributed by atoms with Gasteiger partial charge in [-0.1, -0.05) is 31.5 Å². The molecule has 2 amide bonds. The Morgan fingerprint density at radius 2 is 1.93 bits per heavy atom. The Morgan fingerprint density at radius 3 is 2.72 bits per heavy atom. The number of ether oxygens (including phenoxy) is 1. The van der Waals surface area contributed by atoms with Gasteiger partial charge >= 0.3 is 0 Å². The van der Waals surface area contributed by atoms with Gasteiger partial charge in [0.05, 0.1) is 19.4 Å². The van der Waals surface area contributed by atoms with E-state index >= 15 is 0 Å². The van der Waals surface area contributed by atoms with Crippen LogP contribution in [0.15, 0.2) is 59.0 Å². The molecule has 2 N–H and O–H groups in total. The SMILES string of the molecule is CCCCOc1ccc(C(=O)NCC(=O)N/N=C/c2csc3ccccc23)cc1. The van der Waals surface area contributed by atoms with Gasteiger partial charge in [-0.3, -0.25) is 9.59 Å². The van der Waals surface area contributed by atoms with Crippen LogP contribution in [0.2, 0.25) is 0 Å². The van der Waals surface area contributed by atoms with Crippen LogP contribution < -0.4 is 15.5 Å². The molecule has 0 unspecified atom stereocenters. The molecule has 7 heteroatoms. The maximum atomic E-state index is 12.2. The summed E-state index contributed by atoms with van der Waals surface area (Å²) in [4.78, 5) is 24.1. The second-order valence-electron chi connectivity index (χ2n) is 6.39. The Bertz CT molecular complexity index is 996. The van der Waals surface area contributed by atoms with Crippen LogP contribution in [-0.4, -0.2) is 31.2 Å². The van der Waals surface area contributed by atoms with E-state index in [1.54, 1.807) is 41.8 Å². The Balaban J connectivity index is 1.44. The number of nitrogens with zero attached hydrogens (tertiary/aromatic N) is 1. The molecule has 0 saturated carbocycles. The minimum absolute atomic E-state index is 0.157. The maximum Gasteiger partial charge on any atom is 0.259 e. The number of hydrazone groups is 1. The fourth-order valence-corrected chi connectivity index (χ4v) is 3.52. The lowest BCUT2D eigenvalue weighted by Crippen LogP contribution is -2.34. The third-order valence-corrected chi connectivity index (χ3v) is 5.18. The molecule has 0 bridgehead atoms. The van der Waals surface area contributed by atoms with E-state index in [1.807, 2.05) is 29.6 Å². The van der Waals surface area contributed by atoms with Crippen molar-refractivity contribution in [2.45, 2.75) is 19.8 Å². The molecule has 3 aromatic rings.